The highest BCUT2D eigenvalue weighted by molar-refractivity contribution is 4.81. The fourth-order valence-corrected chi connectivity index (χ4v) is 2.80. The van der Waals surface area contributed by atoms with Gasteiger partial charge in [-0.1, -0.05) is 26.2 Å². The molecule has 0 radical (unpaired) electrons. The third-order valence-electron chi connectivity index (χ3n) is 3.99. The molecule has 2 N–H and O–H groups in total. The molecule has 0 aromatic rings. The maximum absolute atomic E-state index is 6.30. The number of nitrogens with two attached hydrogens (primary N) is 1. The Balaban J connectivity index is 2.41. The Morgan fingerprint density at radius 3 is 1.94 bits per heavy atom. The third-order valence-corrected chi connectivity index (χ3v) is 3.99. The summed E-state index contributed by atoms with van der Waals surface area (Å²) in [5, 5.41) is 0. The van der Waals surface area contributed by atoms with Gasteiger partial charge in [0, 0.05) is 13.2 Å². The minimum absolute atomic E-state index is 0.0349. The van der Waals surface area contributed by atoms with Crippen molar-refractivity contribution in [3.8, 4) is 0 Å². The van der Waals surface area contributed by atoms with Crippen LogP contribution in [-0.4, -0.2) is 25.5 Å². The van der Waals surface area contributed by atoms with Gasteiger partial charge in [0.25, 0.3) is 0 Å². The van der Waals surface area contributed by atoms with Crippen molar-refractivity contribution >= 4 is 0 Å². The minimum Gasteiger partial charge on any atom is -0.351 e. The molecule has 1 saturated carbocycles. The average Bonchev–Trinajstić information content (AvgIpc) is 2.38. The van der Waals surface area contributed by atoms with E-state index in [0.717, 1.165) is 5.92 Å². The highest BCUT2D eigenvalue weighted by Crippen LogP contribution is 2.33. The van der Waals surface area contributed by atoms with Crippen LogP contribution in [0.5, 0.6) is 0 Å². The quantitative estimate of drug-likeness (QED) is 0.699. The molecule has 0 amide bonds. The van der Waals surface area contributed by atoms with Crippen LogP contribution >= 0.6 is 0 Å². The summed E-state index contributed by atoms with van der Waals surface area (Å²) in [6.07, 6.45) is 6.20. The lowest BCUT2D eigenvalue weighted by atomic mass is 9.77. The van der Waals surface area contributed by atoms with Gasteiger partial charge in [0.15, 0.2) is 6.29 Å². The van der Waals surface area contributed by atoms with E-state index in [2.05, 4.69) is 6.92 Å². The molecule has 3 nitrogen and oxygen atoms in total. The first-order valence-corrected chi connectivity index (χ1v) is 7.21. The van der Waals surface area contributed by atoms with E-state index in [1.54, 1.807) is 0 Å². The minimum atomic E-state index is -0.215. The summed E-state index contributed by atoms with van der Waals surface area (Å²) in [7, 11) is 0. The van der Waals surface area contributed by atoms with E-state index in [1.807, 2.05) is 13.8 Å². The van der Waals surface area contributed by atoms with E-state index in [-0.39, 0.29) is 12.3 Å². The molecule has 1 atom stereocenters. The molecule has 102 valence electrons. The first kappa shape index (κ1) is 14.9. The lowest BCUT2D eigenvalue weighted by molar-refractivity contribution is -0.158. The molecule has 1 rings (SSSR count). The molecule has 0 heterocycles. The molecule has 17 heavy (non-hydrogen) atoms. The van der Waals surface area contributed by atoms with Gasteiger partial charge >= 0.3 is 0 Å². The van der Waals surface area contributed by atoms with E-state index in [0.29, 0.717) is 19.1 Å². The second-order valence-electron chi connectivity index (χ2n) is 5.05. The molecule has 1 fully saturated rings. The molecule has 1 aliphatic carbocycles. The third kappa shape index (κ3) is 4.57. The van der Waals surface area contributed by atoms with Gasteiger partial charge in [0.05, 0.1) is 6.04 Å². The van der Waals surface area contributed by atoms with E-state index >= 15 is 0 Å². The summed E-state index contributed by atoms with van der Waals surface area (Å²) in [6.45, 7) is 7.61. The molecular formula is C14H29NO2. The molecule has 0 aromatic heterocycles. The Labute approximate surface area is 106 Å². The Hall–Kier alpha value is -0.120. The largest absolute Gasteiger partial charge is 0.351 e. The molecule has 1 aliphatic rings. The molecule has 0 aromatic carbocycles. The van der Waals surface area contributed by atoms with Crippen LogP contribution in [0.4, 0.5) is 0 Å². The van der Waals surface area contributed by atoms with E-state index in [4.69, 9.17) is 15.2 Å². The normalized spacial score (nSPS) is 27.4. The lowest BCUT2D eigenvalue weighted by Gasteiger charge is -2.35. The maximum atomic E-state index is 6.30. The molecular weight excluding hydrogens is 214 g/mol. The zero-order valence-electron chi connectivity index (χ0n) is 11.7. The van der Waals surface area contributed by atoms with Gasteiger partial charge in [0.1, 0.15) is 0 Å². The van der Waals surface area contributed by atoms with Gasteiger partial charge in [-0.2, -0.15) is 0 Å². The van der Waals surface area contributed by atoms with Gasteiger partial charge in [-0.15, -0.1) is 0 Å². The summed E-state index contributed by atoms with van der Waals surface area (Å²) in [4.78, 5) is 0. The maximum Gasteiger partial charge on any atom is 0.172 e. The van der Waals surface area contributed by atoms with Crippen LogP contribution in [0.3, 0.4) is 0 Å². The zero-order valence-corrected chi connectivity index (χ0v) is 11.7. The monoisotopic (exact) mass is 243 g/mol. The predicted molar refractivity (Wildman–Crippen MR) is 70.8 cm³/mol. The van der Waals surface area contributed by atoms with Crippen LogP contribution in [0, 0.1) is 11.8 Å². The van der Waals surface area contributed by atoms with Gasteiger partial charge < -0.3 is 15.2 Å². The summed E-state index contributed by atoms with van der Waals surface area (Å²) in [6, 6.07) is 0.0349. The smallest absolute Gasteiger partial charge is 0.172 e. The van der Waals surface area contributed by atoms with E-state index in [9.17, 15) is 0 Å². The second-order valence-corrected chi connectivity index (χ2v) is 5.05. The van der Waals surface area contributed by atoms with Crippen LogP contribution in [0.2, 0.25) is 0 Å². The van der Waals surface area contributed by atoms with Gasteiger partial charge in [-0.3, -0.25) is 0 Å². The standard InChI is InChI=1S/C14H29NO2/c1-4-11-7-9-12(10-8-11)13(15)14(16-5-2)17-6-3/h11-14H,4-10,15H2,1-3H3. The van der Waals surface area contributed by atoms with Crippen molar-refractivity contribution < 1.29 is 9.47 Å². The Morgan fingerprint density at radius 1 is 1.00 bits per heavy atom. The van der Waals surface area contributed by atoms with Crippen molar-refractivity contribution in [2.45, 2.75) is 65.2 Å². The highest BCUT2D eigenvalue weighted by Gasteiger charge is 2.30. The number of hydrogen-bond acceptors (Lipinski definition) is 3. The van der Waals surface area contributed by atoms with Crippen molar-refractivity contribution in [2.24, 2.45) is 17.6 Å². The molecule has 1 unspecified atom stereocenters. The molecule has 0 spiro atoms. The number of ether oxygens (including phenoxy) is 2. The predicted octanol–water partition coefficient (Wildman–Crippen LogP) is 2.93. The van der Waals surface area contributed by atoms with Crippen molar-refractivity contribution in [2.75, 3.05) is 13.2 Å². The zero-order chi connectivity index (χ0) is 12.7. The average molecular weight is 243 g/mol. The summed E-state index contributed by atoms with van der Waals surface area (Å²) in [5.74, 6) is 1.48. The van der Waals surface area contributed by atoms with Crippen molar-refractivity contribution in [1.82, 2.24) is 0 Å². The number of rotatable bonds is 7. The first-order chi connectivity index (χ1) is 8.22. The SMILES string of the molecule is CCOC(OCC)C(N)C1CCC(CC)CC1. The first-order valence-electron chi connectivity index (χ1n) is 7.21. The van der Waals surface area contributed by atoms with Gasteiger partial charge in [-0.25, -0.2) is 0 Å². The molecule has 0 aliphatic heterocycles. The van der Waals surface area contributed by atoms with Crippen molar-refractivity contribution in [3.05, 3.63) is 0 Å². The van der Waals surface area contributed by atoms with Crippen LogP contribution in [0.1, 0.15) is 52.9 Å². The van der Waals surface area contributed by atoms with Crippen molar-refractivity contribution in [3.63, 3.8) is 0 Å². The molecule has 0 saturated heterocycles. The molecule has 3 heteroatoms. The van der Waals surface area contributed by atoms with E-state index in [1.165, 1.54) is 32.1 Å². The van der Waals surface area contributed by atoms with Crippen LogP contribution in [-0.2, 0) is 9.47 Å². The number of hydrogen-bond donors (Lipinski definition) is 1. The Bertz CT molecular complexity index is 185. The van der Waals surface area contributed by atoms with Crippen LogP contribution < -0.4 is 5.73 Å². The summed E-state index contributed by atoms with van der Waals surface area (Å²) < 4.78 is 11.2. The van der Waals surface area contributed by atoms with Gasteiger partial charge in [0.2, 0.25) is 0 Å². The van der Waals surface area contributed by atoms with Crippen LogP contribution in [0.15, 0.2) is 0 Å². The fourth-order valence-electron chi connectivity index (χ4n) is 2.80. The van der Waals surface area contributed by atoms with Gasteiger partial charge in [-0.05, 0) is 38.5 Å². The highest BCUT2D eigenvalue weighted by atomic mass is 16.7. The topological polar surface area (TPSA) is 44.5 Å². The lowest BCUT2D eigenvalue weighted by Crippen LogP contribution is -2.45. The molecule has 0 bridgehead atoms. The van der Waals surface area contributed by atoms with E-state index < -0.39 is 0 Å². The van der Waals surface area contributed by atoms with Crippen LogP contribution in [0.25, 0.3) is 0 Å². The fraction of sp³-hybridized carbons (Fsp3) is 1.00. The Morgan fingerprint density at radius 2 is 1.53 bits per heavy atom. The van der Waals surface area contributed by atoms with Crippen molar-refractivity contribution in [1.29, 1.82) is 0 Å². The Kier molecular flexibility index (Phi) is 7.09. The summed E-state index contributed by atoms with van der Waals surface area (Å²) in [5.41, 5.74) is 6.30. The summed E-state index contributed by atoms with van der Waals surface area (Å²) >= 11 is 0. The second kappa shape index (κ2) is 8.06.